The summed E-state index contributed by atoms with van der Waals surface area (Å²) in [7, 11) is -1.65. The molecule has 5 nitrogen and oxygen atoms in total. The lowest BCUT2D eigenvalue weighted by molar-refractivity contribution is -0.118. The molecule has 0 spiro atoms. The molecule has 0 aromatic heterocycles. The number of carbonyl (C=O) groups excluding carboxylic acids is 1. The van der Waals surface area contributed by atoms with E-state index in [-0.39, 0.29) is 0 Å². The van der Waals surface area contributed by atoms with E-state index in [0.717, 1.165) is 0 Å². The van der Waals surface area contributed by atoms with E-state index >= 15 is 0 Å². The highest BCUT2D eigenvalue weighted by atomic mass is 28.4. The van der Waals surface area contributed by atoms with Gasteiger partial charge in [0.05, 0.1) is 5.67 Å². The number of carbonyl (C=O) groups is 1. The molecule has 0 bridgehead atoms. The van der Waals surface area contributed by atoms with Gasteiger partial charge in [-0.2, -0.15) is 0 Å². The zero-order valence-electron chi connectivity index (χ0n) is 9.19. The van der Waals surface area contributed by atoms with Crippen molar-refractivity contribution in [1.29, 1.82) is 0 Å². The standard InChI is InChI=1S/C8H19NO4Si/c1-5-12-14(11,13-6-2)8(3)9(4)7-10/h7-8,11H,5-6H2,1-4H3. The molecule has 1 atom stereocenters. The monoisotopic (exact) mass is 221 g/mol. The quantitative estimate of drug-likeness (QED) is 0.486. The lowest BCUT2D eigenvalue weighted by atomic mass is 10.7. The predicted molar refractivity (Wildman–Crippen MR) is 54.5 cm³/mol. The molecular weight excluding hydrogens is 202 g/mol. The lowest BCUT2D eigenvalue weighted by Crippen LogP contribution is -2.58. The Hall–Kier alpha value is -0.433. The average Bonchev–Trinajstić information content (AvgIpc) is 2.16. The Morgan fingerprint density at radius 2 is 1.86 bits per heavy atom. The minimum Gasteiger partial charge on any atom is -0.389 e. The van der Waals surface area contributed by atoms with Gasteiger partial charge in [-0.25, -0.2) is 0 Å². The molecule has 1 unspecified atom stereocenters. The van der Waals surface area contributed by atoms with Crippen LogP contribution in [0.4, 0.5) is 0 Å². The fourth-order valence-corrected chi connectivity index (χ4v) is 3.01. The maximum absolute atomic E-state index is 10.5. The van der Waals surface area contributed by atoms with Gasteiger partial charge in [0.25, 0.3) is 0 Å². The molecule has 0 saturated carbocycles. The summed E-state index contributed by atoms with van der Waals surface area (Å²) in [4.78, 5) is 22.0. The van der Waals surface area contributed by atoms with Crippen LogP contribution in [-0.2, 0) is 13.6 Å². The molecule has 0 aromatic carbocycles. The first-order chi connectivity index (χ1) is 6.51. The highest BCUT2D eigenvalue weighted by Gasteiger charge is 2.45. The molecule has 0 radical (unpaired) electrons. The van der Waals surface area contributed by atoms with E-state index in [1.54, 1.807) is 27.8 Å². The molecule has 14 heavy (non-hydrogen) atoms. The van der Waals surface area contributed by atoms with Crippen LogP contribution in [0.5, 0.6) is 0 Å². The molecule has 1 N–H and O–H groups in total. The van der Waals surface area contributed by atoms with E-state index in [9.17, 15) is 9.59 Å². The second-order valence-corrected chi connectivity index (χ2v) is 5.62. The highest BCUT2D eigenvalue weighted by Crippen LogP contribution is 2.12. The molecule has 0 saturated heterocycles. The van der Waals surface area contributed by atoms with Gasteiger partial charge in [0.1, 0.15) is 0 Å². The molecular formula is C8H19NO4Si. The van der Waals surface area contributed by atoms with Crippen molar-refractivity contribution in [2.75, 3.05) is 20.3 Å². The summed E-state index contributed by atoms with van der Waals surface area (Å²) in [6.45, 7) is 6.03. The number of hydrogen-bond donors (Lipinski definition) is 1. The second kappa shape index (κ2) is 6.13. The van der Waals surface area contributed by atoms with Crippen molar-refractivity contribution in [3.63, 3.8) is 0 Å². The first-order valence-electron chi connectivity index (χ1n) is 4.69. The summed E-state index contributed by atoms with van der Waals surface area (Å²) in [6, 6.07) is 0. The van der Waals surface area contributed by atoms with Crippen LogP contribution in [0.25, 0.3) is 0 Å². The summed E-state index contributed by atoms with van der Waals surface area (Å²) in [5.74, 6) is 0. The lowest BCUT2D eigenvalue weighted by Gasteiger charge is -2.32. The highest BCUT2D eigenvalue weighted by molar-refractivity contribution is 6.61. The molecule has 0 fully saturated rings. The smallest absolute Gasteiger partial charge is 0.389 e. The van der Waals surface area contributed by atoms with Crippen molar-refractivity contribution >= 4 is 15.2 Å². The molecule has 0 rings (SSSR count). The molecule has 0 aliphatic rings. The Morgan fingerprint density at radius 1 is 1.43 bits per heavy atom. The number of nitrogens with zero attached hydrogens (tertiary/aromatic N) is 1. The van der Waals surface area contributed by atoms with Gasteiger partial charge in [0.2, 0.25) is 6.41 Å². The number of amides is 1. The zero-order chi connectivity index (χ0) is 11.2. The van der Waals surface area contributed by atoms with Crippen LogP contribution >= 0.6 is 0 Å². The van der Waals surface area contributed by atoms with Crippen LogP contribution in [0.1, 0.15) is 20.8 Å². The predicted octanol–water partition coefficient (Wildman–Crippen LogP) is 0.00650. The summed E-state index contributed by atoms with van der Waals surface area (Å²) >= 11 is 0. The summed E-state index contributed by atoms with van der Waals surface area (Å²) in [5, 5.41) is 0. The minimum atomic E-state index is -3.24. The third-order valence-electron chi connectivity index (χ3n) is 2.01. The summed E-state index contributed by atoms with van der Waals surface area (Å²) in [5.41, 5.74) is -0.417. The molecule has 0 aromatic rings. The number of hydrogen-bond acceptors (Lipinski definition) is 4. The van der Waals surface area contributed by atoms with Crippen molar-refractivity contribution in [2.24, 2.45) is 0 Å². The largest absolute Gasteiger partial charge is 0.521 e. The average molecular weight is 221 g/mol. The van der Waals surface area contributed by atoms with Gasteiger partial charge in [-0.3, -0.25) is 4.79 Å². The topological polar surface area (TPSA) is 59.0 Å². The van der Waals surface area contributed by atoms with E-state index in [2.05, 4.69) is 0 Å². The Labute approximate surface area is 86.0 Å². The van der Waals surface area contributed by atoms with Crippen molar-refractivity contribution in [3.8, 4) is 0 Å². The molecule has 1 amide bonds. The fourth-order valence-electron chi connectivity index (χ4n) is 1.05. The van der Waals surface area contributed by atoms with Gasteiger partial charge in [-0.05, 0) is 20.8 Å². The van der Waals surface area contributed by atoms with Gasteiger partial charge in [-0.1, -0.05) is 0 Å². The van der Waals surface area contributed by atoms with Gasteiger partial charge < -0.3 is 18.5 Å². The van der Waals surface area contributed by atoms with Gasteiger partial charge in [0.15, 0.2) is 0 Å². The first-order valence-corrected chi connectivity index (χ1v) is 6.53. The van der Waals surface area contributed by atoms with Crippen LogP contribution in [0.3, 0.4) is 0 Å². The van der Waals surface area contributed by atoms with Crippen LogP contribution in [0.2, 0.25) is 0 Å². The Morgan fingerprint density at radius 3 is 2.14 bits per heavy atom. The second-order valence-electron chi connectivity index (χ2n) is 2.94. The van der Waals surface area contributed by atoms with Gasteiger partial charge in [-0.15, -0.1) is 0 Å². The van der Waals surface area contributed by atoms with Crippen LogP contribution < -0.4 is 0 Å². The SMILES string of the molecule is CCO[Si](O)(OCC)C(C)N(C)C=O. The van der Waals surface area contributed by atoms with Crippen LogP contribution in [0, 0.1) is 0 Å². The normalized spacial score (nSPS) is 13.8. The molecule has 0 aliphatic heterocycles. The van der Waals surface area contributed by atoms with E-state index in [1.807, 2.05) is 0 Å². The van der Waals surface area contributed by atoms with Crippen LogP contribution in [0.15, 0.2) is 0 Å². The molecule has 6 heteroatoms. The first kappa shape index (κ1) is 13.6. The molecule has 0 heterocycles. The van der Waals surface area contributed by atoms with Crippen molar-refractivity contribution < 1.29 is 18.4 Å². The van der Waals surface area contributed by atoms with Gasteiger partial charge in [0, 0.05) is 20.3 Å². The van der Waals surface area contributed by atoms with E-state index in [0.29, 0.717) is 19.6 Å². The summed E-state index contributed by atoms with van der Waals surface area (Å²) in [6.07, 6.45) is 0.653. The van der Waals surface area contributed by atoms with Crippen molar-refractivity contribution in [1.82, 2.24) is 4.90 Å². The Balaban J connectivity index is 4.52. The van der Waals surface area contributed by atoms with Crippen LogP contribution in [-0.4, -0.2) is 50.8 Å². The van der Waals surface area contributed by atoms with E-state index in [4.69, 9.17) is 8.85 Å². The van der Waals surface area contributed by atoms with E-state index < -0.39 is 14.5 Å². The molecule has 84 valence electrons. The van der Waals surface area contributed by atoms with Gasteiger partial charge >= 0.3 is 8.80 Å². The van der Waals surface area contributed by atoms with Crippen molar-refractivity contribution in [3.05, 3.63) is 0 Å². The minimum absolute atomic E-state index is 0.375. The Kier molecular flexibility index (Phi) is 5.94. The maximum atomic E-state index is 10.5. The third-order valence-corrected chi connectivity index (χ3v) is 4.88. The third kappa shape index (κ3) is 3.37. The molecule has 0 aliphatic carbocycles. The van der Waals surface area contributed by atoms with Crippen molar-refractivity contribution in [2.45, 2.75) is 26.4 Å². The maximum Gasteiger partial charge on any atom is 0.521 e. The number of rotatable bonds is 7. The zero-order valence-corrected chi connectivity index (χ0v) is 10.2. The fraction of sp³-hybridized carbons (Fsp3) is 0.875. The van der Waals surface area contributed by atoms with E-state index in [1.165, 1.54) is 4.90 Å². The summed E-state index contributed by atoms with van der Waals surface area (Å²) < 4.78 is 10.5. The Bertz CT molecular complexity index is 173.